The molecule has 0 aliphatic heterocycles. The molecule has 0 bridgehead atoms. The van der Waals surface area contributed by atoms with Gasteiger partial charge in [-0.05, 0) is 44.2 Å². The van der Waals surface area contributed by atoms with E-state index in [-0.39, 0.29) is 11.9 Å². The Labute approximate surface area is 115 Å². The highest BCUT2D eigenvalue weighted by Gasteiger charge is 2.18. The maximum Gasteiger partial charge on any atom is 0.234 e. The summed E-state index contributed by atoms with van der Waals surface area (Å²) >= 11 is 0. The van der Waals surface area contributed by atoms with Crippen LogP contribution < -0.4 is 10.6 Å². The van der Waals surface area contributed by atoms with E-state index >= 15 is 0 Å². The maximum atomic E-state index is 11.7. The Bertz CT molecular complexity index is 429. The van der Waals surface area contributed by atoms with E-state index in [2.05, 4.69) is 34.9 Å². The molecule has 0 radical (unpaired) electrons. The number of amides is 1. The molecule has 0 saturated carbocycles. The number of hydrogen-bond acceptors (Lipinski definition) is 2. The van der Waals surface area contributed by atoms with Crippen LogP contribution >= 0.6 is 0 Å². The van der Waals surface area contributed by atoms with Gasteiger partial charge in [0.15, 0.2) is 0 Å². The van der Waals surface area contributed by atoms with E-state index in [9.17, 15) is 4.79 Å². The lowest BCUT2D eigenvalue weighted by atomic mass is 9.99. The molecule has 1 aliphatic rings. The van der Waals surface area contributed by atoms with Crippen LogP contribution in [-0.2, 0) is 11.2 Å². The van der Waals surface area contributed by atoms with Gasteiger partial charge < -0.3 is 10.6 Å². The number of carbonyl (C=O) groups is 1. The molecule has 0 fully saturated rings. The van der Waals surface area contributed by atoms with Crippen molar-refractivity contribution in [1.82, 2.24) is 10.6 Å². The average molecular weight is 260 g/mol. The Morgan fingerprint density at radius 1 is 1.32 bits per heavy atom. The van der Waals surface area contributed by atoms with Gasteiger partial charge in [-0.15, -0.1) is 0 Å². The van der Waals surface area contributed by atoms with Gasteiger partial charge in [-0.1, -0.05) is 30.7 Å². The second-order valence-corrected chi connectivity index (χ2v) is 5.60. The summed E-state index contributed by atoms with van der Waals surface area (Å²) in [5.74, 6) is 0.0803. The van der Waals surface area contributed by atoms with Gasteiger partial charge in [0.2, 0.25) is 5.91 Å². The molecule has 1 atom stereocenters. The third kappa shape index (κ3) is 4.06. The fraction of sp³-hybridized carbons (Fsp3) is 0.562. The highest BCUT2D eigenvalue weighted by atomic mass is 16.1. The van der Waals surface area contributed by atoms with Gasteiger partial charge in [0.05, 0.1) is 6.54 Å². The van der Waals surface area contributed by atoms with Crippen LogP contribution in [0.2, 0.25) is 0 Å². The van der Waals surface area contributed by atoms with Crippen LogP contribution in [-0.4, -0.2) is 18.5 Å². The van der Waals surface area contributed by atoms with Gasteiger partial charge in [-0.2, -0.15) is 0 Å². The molecule has 104 valence electrons. The molecule has 3 nitrogen and oxygen atoms in total. The van der Waals surface area contributed by atoms with Crippen molar-refractivity contribution in [1.29, 1.82) is 0 Å². The van der Waals surface area contributed by atoms with Crippen molar-refractivity contribution >= 4 is 5.91 Å². The van der Waals surface area contributed by atoms with Gasteiger partial charge in [0.1, 0.15) is 0 Å². The van der Waals surface area contributed by atoms with Crippen molar-refractivity contribution in [2.75, 3.05) is 6.54 Å². The predicted octanol–water partition coefficient (Wildman–Crippen LogP) is 2.57. The summed E-state index contributed by atoms with van der Waals surface area (Å²) in [7, 11) is 0. The van der Waals surface area contributed by atoms with Crippen molar-refractivity contribution in [3.63, 3.8) is 0 Å². The summed E-state index contributed by atoms with van der Waals surface area (Å²) in [5.41, 5.74) is 2.80. The molecular formula is C16H24N2O. The van der Waals surface area contributed by atoms with Gasteiger partial charge in [0.25, 0.3) is 0 Å². The first kappa shape index (κ1) is 14.1. The van der Waals surface area contributed by atoms with Gasteiger partial charge >= 0.3 is 0 Å². The van der Waals surface area contributed by atoms with Crippen LogP contribution in [0.3, 0.4) is 0 Å². The first-order valence-electron chi connectivity index (χ1n) is 7.27. The van der Waals surface area contributed by atoms with E-state index in [0.717, 1.165) is 12.8 Å². The molecule has 1 amide bonds. The van der Waals surface area contributed by atoms with Gasteiger partial charge in [-0.25, -0.2) is 0 Å². The Kier molecular flexibility index (Phi) is 4.97. The SMILES string of the molecule is CC(C)NC(=O)CNC1CCCCc2ccccc21. The zero-order valence-corrected chi connectivity index (χ0v) is 11.9. The largest absolute Gasteiger partial charge is 0.353 e. The summed E-state index contributed by atoms with van der Waals surface area (Å²) in [6.07, 6.45) is 4.74. The molecule has 19 heavy (non-hydrogen) atoms. The zero-order chi connectivity index (χ0) is 13.7. The zero-order valence-electron chi connectivity index (χ0n) is 11.9. The Morgan fingerprint density at radius 2 is 2.11 bits per heavy atom. The number of aryl methyl sites for hydroxylation is 1. The van der Waals surface area contributed by atoms with Crippen LogP contribution in [0.5, 0.6) is 0 Å². The number of benzene rings is 1. The second kappa shape index (κ2) is 6.71. The molecular weight excluding hydrogens is 236 g/mol. The lowest BCUT2D eigenvalue weighted by Crippen LogP contribution is -2.39. The number of carbonyl (C=O) groups excluding carboxylic acids is 1. The monoisotopic (exact) mass is 260 g/mol. The van der Waals surface area contributed by atoms with Crippen LogP contribution in [0.25, 0.3) is 0 Å². The molecule has 0 spiro atoms. The summed E-state index contributed by atoms with van der Waals surface area (Å²) in [4.78, 5) is 11.7. The average Bonchev–Trinajstić information content (AvgIpc) is 2.58. The van der Waals surface area contributed by atoms with Gasteiger partial charge in [0, 0.05) is 12.1 Å². The molecule has 2 N–H and O–H groups in total. The molecule has 1 unspecified atom stereocenters. The first-order chi connectivity index (χ1) is 9.16. The third-order valence-corrected chi connectivity index (χ3v) is 3.58. The quantitative estimate of drug-likeness (QED) is 0.817. The molecule has 1 aromatic carbocycles. The summed E-state index contributed by atoms with van der Waals surface area (Å²) < 4.78 is 0. The molecule has 0 saturated heterocycles. The van der Waals surface area contributed by atoms with Crippen molar-refractivity contribution in [2.45, 2.75) is 51.6 Å². The normalized spacial score (nSPS) is 18.8. The highest BCUT2D eigenvalue weighted by molar-refractivity contribution is 5.78. The minimum atomic E-state index is 0.0803. The summed E-state index contributed by atoms with van der Waals surface area (Å²) in [5, 5.41) is 6.33. The summed E-state index contributed by atoms with van der Waals surface area (Å²) in [6.45, 7) is 4.37. The number of rotatable bonds is 4. The van der Waals surface area contributed by atoms with Crippen LogP contribution in [0.15, 0.2) is 24.3 Å². The minimum Gasteiger partial charge on any atom is -0.353 e. The van der Waals surface area contributed by atoms with Crippen LogP contribution in [0, 0.1) is 0 Å². The van der Waals surface area contributed by atoms with E-state index in [1.54, 1.807) is 0 Å². The standard InChI is InChI=1S/C16H24N2O/c1-12(2)18-16(19)11-17-15-10-6-4-8-13-7-3-5-9-14(13)15/h3,5,7,9,12,15,17H,4,6,8,10-11H2,1-2H3,(H,18,19). The fourth-order valence-electron chi connectivity index (χ4n) is 2.72. The molecule has 2 rings (SSSR count). The lowest BCUT2D eigenvalue weighted by molar-refractivity contribution is -0.120. The lowest BCUT2D eigenvalue weighted by Gasteiger charge is -2.19. The smallest absolute Gasteiger partial charge is 0.234 e. The topological polar surface area (TPSA) is 41.1 Å². The molecule has 0 aromatic heterocycles. The number of fused-ring (bicyclic) bond motifs is 1. The first-order valence-corrected chi connectivity index (χ1v) is 7.27. The molecule has 0 heterocycles. The van der Waals surface area contributed by atoms with Gasteiger partial charge in [-0.3, -0.25) is 4.79 Å². The third-order valence-electron chi connectivity index (χ3n) is 3.58. The van der Waals surface area contributed by atoms with E-state index in [1.165, 1.54) is 24.0 Å². The van der Waals surface area contributed by atoms with Crippen molar-refractivity contribution in [3.05, 3.63) is 35.4 Å². The predicted molar refractivity (Wildman–Crippen MR) is 78.0 cm³/mol. The molecule has 1 aliphatic carbocycles. The van der Waals surface area contributed by atoms with E-state index < -0.39 is 0 Å². The fourth-order valence-corrected chi connectivity index (χ4v) is 2.72. The Morgan fingerprint density at radius 3 is 2.89 bits per heavy atom. The van der Waals surface area contributed by atoms with Crippen molar-refractivity contribution < 1.29 is 4.79 Å². The van der Waals surface area contributed by atoms with E-state index in [0.29, 0.717) is 12.6 Å². The minimum absolute atomic E-state index is 0.0803. The van der Waals surface area contributed by atoms with Crippen LogP contribution in [0.1, 0.15) is 50.3 Å². The number of hydrogen-bond donors (Lipinski definition) is 2. The van der Waals surface area contributed by atoms with Crippen molar-refractivity contribution in [2.24, 2.45) is 0 Å². The van der Waals surface area contributed by atoms with E-state index in [1.807, 2.05) is 13.8 Å². The van der Waals surface area contributed by atoms with Crippen molar-refractivity contribution in [3.8, 4) is 0 Å². The summed E-state index contributed by atoms with van der Waals surface area (Å²) in [6, 6.07) is 9.12. The molecule has 3 heteroatoms. The molecule has 1 aromatic rings. The maximum absolute atomic E-state index is 11.7. The second-order valence-electron chi connectivity index (χ2n) is 5.60. The van der Waals surface area contributed by atoms with E-state index in [4.69, 9.17) is 0 Å². The Hall–Kier alpha value is -1.35. The highest BCUT2D eigenvalue weighted by Crippen LogP contribution is 2.28. The Balaban J connectivity index is 1.98. The van der Waals surface area contributed by atoms with Crippen LogP contribution in [0.4, 0.5) is 0 Å². The number of nitrogens with one attached hydrogen (secondary N) is 2.